The molecule has 1 rings (SSSR count). The lowest BCUT2D eigenvalue weighted by atomic mass is 9.93. The lowest BCUT2D eigenvalue weighted by molar-refractivity contribution is 0.468. The minimum atomic E-state index is 0.00657. The van der Waals surface area contributed by atoms with Gasteiger partial charge in [0, 0.05) is 6.04 Å². The number of rotatable bonds is 2. The molecule has 13 heavy (non-hydrogen) atoms. The largest absolute Gasteiger partial charge is 0.508 e. The first-order valence-corrected chi connectivity index (χ1v) is 4.57. The van der Waals surface area contributed by atoms with E-state index in [1.165, 1.54) is 0 Å². The molecule has 0 aromatic heterocycles. The van der Waals surface area contributed by atoms with E-state index >= 15 is 0 Å². The van der Waals surface area contributed by atoms with Crippen molar-refractivity contribution >= 4 is 0 Å². The fraction of sp³-hybridized carbons (Fsp3) is 0.455. The van der Waals surface area contributed by atoms with Crippen LogP contribution in [0.3, 0.4) is 0 Å². The molecule has 0 spiro atoms. The second kappa shape index (κ2) is 3.79. The number of hydrogen-bond donors (Lipinski definition) is 2. The van der Waals surface area contributed by atoms with Crippen LogP contribution in [0.25, 0.3) is 0 Å². The Morgan fingerprint density at radius 3 is 2.46 bits per heavy atom. The van der Waals surface area contributed by atoms with Crippen LogP contribution in [-0.2, 0) is 0 Å². The van der Waals surface area contributed by atoms with E-state index in [9.17, 15) is 5.11 Å². The number of aromatic hydroxyl groups is 1. The van der Waals surface area contributed by atoms with Crippen molar-refractivity contribution in [3.8, 4) is 5.75 Å². The number of phenols is 1. The summed E-state index contributed by atoms with van der Waals surface area (Å²) in [5.74, 6) is 0.678. The van der Waals surface area contributed by atoms with E-state index in [2.05, 4.69) is 13.8 Å². The van der Waals surface area contributed by atoms with Crippen LogP contribution in [0, 0.1) is 12.8 Å². The van der Waals surface area contributed by atoms with Crippen LogP contribution in [0.15, 0.2) is 18.2 Å². The second-order valence-electron chi connectivity index (χ2n) is 3.81. The Morgan fingerprint density at radius 1 is 1.31 bits per heavy atom. The maximum atomic E-state index is 9.31. The number of nitrogens with two attached hydrogens (primary N) is 1. The molecule has 2 heteroatoms. The molecule has 0 saturated heterocycles. The van der Waals surface area contributed by atoms with Crippen molar-refractivity contribution in [2.24, 2.45) is 11.7 Å². The van der Waals surface area contributed by atoms with Gasteiger partial charge < -0.3 is 10.8 Å². The Balaban J connectivity index is 3.05. The Hall–Kier alpha value is -1.02. The maximum absolute atomic E-state index is 9.31. The minimum Gasteiger partial charge on any atom is -0.508 e. The number of phenolic OH excluding ortho intramolecular Hbond substituents is 1. The predicted octanol–water partition coefficient (Wildman–Crippen LogP) is 2.36. The minimum absolute atomic E-state index is 0.00657. The summed E-state index contributed by atoms with van der Waals surface area (Å²) in [7, 11) is 0. The predicted molar refractivity (Wildman–Crippen MR) is 54.6 cm³/mol. The molecule has 0 amide bonds. The zero-order chi connectivity index (χ0) is 10.0. The van der Waals surface area contributed by atoms with Gasteiger partial charge in [0.1, 0.15) is 5.75 Å². The van der Waals surface area contributed by atoms with E-state index in [1.807, 2.05) is 13.0 Å². The van der Waals surface area contributed by atoms with Crippen LogP contribution in [-0.4, -0.2) is 5.11 Å². The molecule has 0 aliphatic heterocycles. The smallest absolute Gasteiger partial charge is 0.115 e. The summed E-state index contributed by atoms with van der Waals surface area (Å²) in [5.41, 5.74) is 8.17. The summed E-state index contributed by atoms with van der Waals surface area (Å²) in [6, 6.07) is 5.34. The van der Waals surface area contributed by atoms with Crippen molar-refractivity contribution in [3.05, 3.63) is 29.3 Å². The van der Waals surface area contributed by atoms with Crippen molar-refractivity contribution in [2.75, 3.05) is 0 Å². The molecule has 0 aliphatic carbocycles. The highest BCUT2D eigenvalue weighted by molar-refractivity contribution is 5.36. The summed E-state index contributed by atoms with van der Waals surface area (Å²) in [6.45, 7) is 6.17. The van der Waals surface area contributed by atoms with Crippen LogP contribution in [0.5, 0.6) is 5.75 Å². The topological polar surface area (TPSA) is 46.2 Å². The molecule has 0 aliphatic rings. The molecular formula is C11H17NO. The molecule has 0 heterocycles. The van der Waals surface area contributed by atoms with Gasteiger partial charge in [-0.1, -0.05) is 19.9 Å². The first-order chi connectivity index (χ1) is 6.02. The van der Waals surface area contributed by atoms with Crippen LogP contribution in [0.1, 0.15) is 31.0 Å². The van der Waals surface area contributed by atoms with Crippen molar-refractivity contribution in [2.45, 2.75) is 26.8 Å². The molecular weight excluding hydrogens is 162 g/mol. The SMILES string of the molecule is Cc1ccc(O)cc1[C@H](N)C(C)C. The van der Waals surface area contributed by atoms with Crippen LogP contribution in [0.4, 0.5) is 0 Å². The lowest BCUT2D eigenvalue weighted by Crippen LogP contribution is -2.17. The second-order valence-corrected chi connectivity index (χ2v) is 3.81. The highest BCUT2D eigenvalue weighted by atomic mass is 16.3. The summed E-state index contributed by atoms with van der Waals surface area (Å²) < 4.78 is 0. The number of hydrogen-bond acceptors (Lipinski definition) is 2. The Kier molecular flexibility index (Phi) is 2.94. The van der Waals surface area contributed by atoms with Gasteiger partial charge in [-0.25, -0.2) is 0 Å². The molecule has 1 atom stereocenters. The van der Waals surface area contributed by atoms with Gasteiger partial charge in [-0.2, -0.15) is 0 Å². The Bertz CT molecular complexity index is 294. The normalized spacial score (nSPS) is 13.3. The molecule has 0 bridgehead atoms. The fourth-order valence-corrected chi connectivity index (χ4v) is 1.35. The van der Waals surface area contributed by atoms with Crippen molar-refractivity contribution < 1.29 is 5.11 Å². The van der Waals surface area contributed by atoms with E-state index in [-0.39, 0.29) is 11.8 Å². The van der Waals surface area contributed by atoms with Crippen molar-refractivity contribution in [1.29, 1.82) is 0 Å². The van der Waals surface area contributed by atoms with Gasteiger partial charge >= 0.3 is 0 Å². The van der Waals surface area contributed by atoms with E-state index in [1.54, 1.807) is 12.1 Å². The Morgan fingerprint density at radius 2 is 1.92 bits per heavy atom. The number of benzene rings is 1. The van der Waals surface area contributed by atoms with E-state index in [4.69, 9.17) is 5.73 Å². The monoisotopic (exact) mass is 179 g/mol. The lowest BCUT2D eigenvalue weighted by Gasteiger charge is -2.18. The third-order valence-corrected chi connectivity index (χ3v) is 2.34. The van der Waals surface area contributed by atoms with Crippen LogP contribution in [0.2, 0.25) is 0 Å². The molecule has 72 valence electrons. The molecule has 3 N–H and O–H groups in total. The summed E-state index contributed by atoms with van der Waals surface area (Å²) >= 11 is 0. The van der Waals surface area contributed by atoms with Crippen LogP contribution < -0.4 is 5.73 Å². The van der Waals surface area contributed by atoms with Gasteiger partial charge in [0.2, 0.25) is 0 Å². The summed E-state index contributed by atoms with van der Waals surface area (Å²) in [5, 5.41) is 9.31. The van der Waals surface area contributed by atoms with Gasteiger partial charge in [-0.15, -0.1) is 0 Å². The summed E-state index contributed by atoms with van der Waals surface area (Å²) in [4.78, 5) is 0. The summed E-state index contributed by atoms with van der Waals surface area (Å²) in [6.07, 6.45) is 0. The van der Waals surface area contributed by atoms with Gasteiger partial charge in [-0.05, 0) is 36.1 Å². The average Bonchev–Trinajstić information content (AvgIpc) is 2.08. The highest BCUT2D eigenvalue weighted by Crippen LogP contribution is 2.25. The molecule has 1 aromatic rings. The molecule has 0 unspecified atom stereocenters. The maximum Gasteiger partial charge on any atom is 0.115 e. The van der Waals surface area contributed by atoms with Crippen molar-refractivity contribution in [3.63, 3.8) is 0 Å². The average molecular weight is 179 g/mol. The zero-order valence-electron chi connectivity index (χ0n) is 8.41. The molecule has 0 saturated carbocycles. The third-order valence-electron chi connectivity index (χ3n) is 2.34. The van der Waals surface area contributed by atoms with Gasteiger partial charge in [-0.3, -0.25) is 0 Å². The first-order valence-electron chi connectivity index (χ1n) is 4.57. The number of aryl methyl sites for hydroxylation is 1. The first kappa shape index (κ1) is 10.1. The van der Waals surface area contributed by atoms with Gasteiger partial charge in [0.15, 0.2) is 0 Å². The van der Waals surface area contributed by atoms with E-state index < -0.39 is 0 Å². The van der Waals surface area contributed by atoms with E-state index in [0.717, 1.165) is 11.1 Å². The standard InChI is InChI=1S/C11H17NO/c1-7(2)11(12)10-6-9(13)5-4-8(10)3/h4-7,11,13H,12H2,1-3H3/t11-/m1/s1. The molecule has 0 radical (unpaired) electrons. The van der Waals surface area contributed by atoms with Crippen molar-refractivity contribution in [1.82, 2.24) is 0 Å². The Labute approximate surface area is 79.4 Å². The van der Waals surface area contributed by atoms with Gasteiger partial charge in [0.05, 0.1) is 0 Å². The third kappa shape index (κ3) is 2.22. The highest BCUT2D eigenvalue weighted by Gasteiger charge is 2.12. The molecule has 2 nitrogen and oxygen atoms in total. The van der Waals surface area contributed by atoms with E-state index in [0.29, 0.717) is 5.92 Å². The fourth-order valence-electron chi connectivity index (χ4n) is 1.35. The molecule has 0 fully saturated rings. The quantitative estimate of drug-likeness (QED) is 0.732. The molecule has 1 aromatic carbocycles. The zero-order valence-corrected chi connectivity index (χ0v) is 8.41. The van der Waals surface area contributed by atoms with Crippen LogP contribution >= 0.6 is 0 Å². The van der Waals surface area contributed by atoms with Gasteiger partial charge in [0.25, 0.3) is 0 Å².